The van der Waals surface area contributed by atoms with Gasteiger partial charge in [-0.25, -0.2) is 9.37 Å². The molecule has 37 heavy (non-hydrogen) atoms. The summed E-state index contributed by atoms with van der Waals surface area (Å²) >= 11 is 0. The highest BCUT2D eigenvalue weighted by molar-refractivity contribution is 5.99. The number of fused-ring (bicyclic) bond motifs is 2. The van der Waals surface area contributed by atoms with Crippen molar-refractivity contribution >= 4 is 33.5 Å². The number of aromatic nitrogens is 6. The van der Waals surface area contributed by atoms with Gasteiger partial charge in [0.1, 0.15) is 17.0 Å². The summed E-state index contributed by atoms with van der Waals surface area (Å²) in [6.45, 7) is 3.68. The van der Waals surface area contributed by atoms with E-state index in [-0.39, 0.29) is 17.6 Å². The molecule has 0 saturated carbocycles. The van der Waals surface area contributed by atoms with Crippen LogP contribution in [0.1, 0.15) is 13.8 Å². The van der Waals surface area contributed by atoms with Gasteiger partial charge in [0, 0.05) is 40.3 Å². The van der Waals surface area contributed by atoms with Gasteiger partial charge in [-0.3, -0.25) is 19.9 Å². The van der Waals surface area contributed by atoms with Gasteiger partial charge in [0.25, 0.3) is 0 Å². The number of pyridine rings is 3. The van der Waals surface area contributed by atoms with Crippen LogP contribution in [0.4, 0.5) is 10.1 Å². The van der Waals surface area contributed by atoms with Crippen LogP contribution in [0.25, 0.3) is 55.8 Å². The number of nitrogens with zero attached hydrogens (tertiary/aromatic N) is 4. The summed E-state index contributed by atoms with van der Waals surface area (Å²) in [6, 6.07) is 15.8. The number of nitrogens with one attached hydrogen (secondary N) is 3. The molecule has 6 rings (SSSR count). The zero-order valence-corrected chi connectivity index (χ0v) is 20.1. The number of carbonyl (C=O) groups excluding carboxylic acids is 1. The minimum atomic E-state index is -0.293. The number of aromatic amines is 2. The molecule has 0 aliphatic carbocycles. The third-order valence-electron chi connectivity index (χ3n) is 6.15. The summed E-state index contributed by atoms with van der Waals surface area (Å²) in [5, 5.41) is 11.3. The predicted octanol–water partition coefficient (Wildman–Crippen LogP) is 5.96. The number of rotatable bonds is 5. The second kappa shape index (κ2) is 8.94. The third-order valence-corrected chi connectivity index (χ3v) is 6.15. The quantitative estimate of drug-likeness (QED) is 0.275. The second-order valence-corrected chi connectivity index (χ2v) is 9.08. The van der Waals surface area contributed by atoms with Gasteiger partial charge in [-0.1, -0.05) is 13.8 Å². The molecule has 5 heterocycles. The number of H-pyrrole nitrogens is 2. The Labute approximate surface area is 211 Å². The Morgan fingerprint density at radius 2 is 1.78 bits per heavy atom. The molecular formula is C28H22FN7O. The molecule has 5 aromatic heterocycles. The van der Waals surface area contributed by atoms with E-state index in [1.54, 1.807) is 30.7 Å². The third kappa shape index (κ3) is 4.20. The van der Waals surface area contributed by atoms with E-state index in [2.05, 4.69) is 30.5 Å². The van der Waals surface area contributed by atoms with E-state index >= 15 is 0 Å². The summed E-state index contributed by atoms with van der Waals surface area (Å²) in [5.74, 6) is -0.506. The van der Waals surface area contributed by atoms with E-state index in [1.165, 1.54) is 12.1 Å². The SMILES string of the molecule is CC(C)C(=O)Nc1cncc(-c2ccc3[nH]nc(-c4cc5c(-c6ccc(F)cc6)nccc5[nH]4)c3n2)c1. The molecule has 0 aliphatic rings. The molecule has 0 aliphatic heterocycles. The Morgan fingerprint density at radius 1 is 0.946 bits per heavy atom. The lowest BCUT2D eigenvalue weighted by atomic mass is 10.1. The summed E-state index contributed by atoms with van der Waals surface area (Å²) in [5.41, 5.74) is 7.46. The average Bonchev–Trinajstić information content (AvgIpc) is 3.53. The molecule has 0 radical (unpaired) electrons. The Kier molecular flexibility index (Phi) is 5.45. The molecule has 1 aromatic carbocycles. The Hall–Kier alpha value is -4.92. The lowest BCUT2D eigenvalue weighted by Gasteiger charge is -2.08. The first-order chi connectivity index (χ1) is 18.0. The number of anilines is 1. The number of hydrogen-bond acceptors (Lipinski definition) is 5. The van der Waals surface area contributed by atoms with E-state index < -0.39 is 0 Å². The smallest absolute Gasteiger partial charge is 0.226 e. The molecule has 0 fully saturated rings. The molecule has 9 heteroatoms. The second-order valence-electron chi connectivity index (χ2n) is 9.08. The van der Waals surface area contributed by atoms with Gasteiger partial charge >= 0.3 is 0 Å². The molecule has 0 unspecified atom stereocenters. The van der Waals surface area contributed by atoms with Gasteiger partial charge in [0.15, 0.2) is 0 Å². The van der Waals surface area contributed by atoms with Gasteiger partial charge in [-0.05, 0) is 54.6 Å². The highest BCUT2D eigenvalue weighted by atomic mass is 19.1. The van der Waals surface area contributed by atoms with Crippen LogP contribution < -0.4 is 5.32 Å². The maximum absolute atomic E-state index is 13.5. The van der Waals surface area contributed by atoms with E-state index in [4.69, 9.17) is 4.98 Å². The fourth-order valence-corrected chi connectivity index (χ4v) is 4.20. The largest absolute Gasteiger partial charge is 0.353 e. The molecular weight excluding hydrogens is 469 g/mol. The van der Waals surface area contributed by atoms with Crippen LogP contribution in [-0.4, -0.2) is 36.0 Å². The zero-order chi connectivity index (χ0) is 25.5. The van der Waals surface area contributed by atoms with Crippen molar-refractivity contribution in [3.8, 4) is 33.9 Å². The van der Waals surface area contributed by atoms with Gasteiger partial charge in [0.05, 0.1) is 34.5 Å². The fourth-order valence-electron chi connectivity index (χ4n) is 4.20. The fraction of sp³-hybridized carbons (Fsp3) is 0.107. The molecule has 1 amide bonds. The maximum atomic E-state index is 13.5. The minimum Gasteiger partial charge on any atom is -0.353 e. The van der Waals surface area contributed by atoms with Crippen LogP contribution in [0.2, 0.25) is 0 Å². The number of halogens is 1. The normalized spacial score (nSPS) is 11.5. The molecule has 0 atom stereocenters. The van der Waals surface area contributed by atoms with E-state index in [1.807, 2.05) is 44.2 Å². The van der Waals surface area contributed by atoms with Crippen molar-refractivity contribution in [3.05, 3.63) is 79.0 Å². The first kappa shape index (κ1) is 22.5. The van der Waals surface area contributed by atoms with Crippen molar-refractivity contribution in [3.63, 3.8) is 0 Å². The monoisotopic (exact) mass is 491 g/mol. The van der Waals surface area contributed by atoms with Crippen molar-refractivity contribution in [2.24, 2.45) is 5.92 Å². The summed E-state index contributed by atoms with van der Waals surface area (Å²) in [4.78, 5) is 29.2. The average molecular weight is 492 g/mol. The highest BCUT2D eigenvalue weighted by Gasteiger charge is 2.16. The highest BCUT2D eigenvalue weighted by Crippen LogP contribution is 2.33. The minimum absolute atomic E-state index is 0.0761. The van der Waals surface area contributed by atoms with Crippen molar-refractivity contribution < 1.29 is 9.18 Å². The van der Waals surface area contributed by atoms with Crippen molar-refractivity contribution in [1.29, 1.82) is 0 Å². The van der Waals surface area contributed by atoms with Gasteiger partial charge in [-0.15, -0.1) is 0 Å². The predicted molar refractivity (Wildman–Crippen MR) is 141 cm³/mol. The van der Waals surface area contributed by atoms with Crippen molar-refractivity contribution in [1.82, 2.24) is 30.1 Å². The Bertz CT molecular complexity index is 1770. The number of amides is 1. The summed E-state index contributed by atoms with van der Waals surface area (Å²) in [7, 11) is 0. The van der Waals surface area contributed by atoms with Gasteiger partial charge in [0.2, 0.25) is 5.91 Å². The van der Waals surface area contributed by atoms with E-state index in [0.29, 0.717) is 22.6 Å². The Balaban J connectivity index is 1.41. The number of benzene rings is 1. The van der Waals surface area contributed by atoms with Crippen molar-refractivity contribution in [2.75, 3.05) is 5.32 Å². The van der Waals surface area contributed by atoms with Crippen molar-refractivity contribution in [2.45, 2.75) is 13.8 Å². The summed E-state index contributed by atoms with van der Waals surface area (Å²) < 4.78 is 13.5. The zero-order valence-electron chi connectivity index (χ0n) is 20.1. The standard InChI is InChI=1S/C28H22FN7O/c1-15(2)28(37)32-19-11-17(13-30-14-19)21-7-8-23-26(34-21)27(36-35-23)24-12-20-22(33-24)9-10-31-25(20)16-3-5-18(29)6-4-16/h3-15,33H,1-2H3,(H,32,37)(H,35,36). The van der Waals surface area contributed by atoms with Crippen LogP contribution in [0.5, 0.6) is 0 Å². The number of carbonyl (C=O) groups is 1. The molecule has 8 nitrogen and oxygen atoms in total. The molecule has 0 spiro atoms. The van der Waals surface area contributed by atoms with Gasteiger partial charge < -0.3 is 10.3 Å². The number of hydrogen-bond donors (Lipinski definition) is 3. The Morgan fingerprint density at radius 3 is 2.59 bits per heavy atom. The van der Waals surface area contributed by atoms with Crippen LogP contribution in [0, 0.1) is 11.7 Å². The lowest BCUT2D eigenvalue weighted by Crippen LogP contribution is -2.17. The molecule has 3 N–H and O–H groups in total. The first-order valence-electron chi connectivity index (χ1n) is 11.8. The summed E-state index contributed by atoms with van der Waals surface area (Å²) in [6.07, 6.45) is 5.05. The van der Waals surface area contributed by atoms with E-state index in [0.717, 1.165) is 38.9 Å². The van der Waals surface area contributed by atoms with Gasteiger partial charge in [-0.2, -0.15) is 5.10 Å². The van der Waals surface area contributed by atoms with E-state index in [9.17, 15) is 9.18 Å². The molecule has 182 valence electrons. The van der Waals surface area contributed by atoms with Crippen LogP contribution in [0.15, 0.2) is 73.2 Å². The molecule has 0 saturated heterocycles. The van der Waals surface area contributed by atoms with Crippen LogP contribution in [-0.2, 0) is 4.79 Å². The maximum Gasteiger partial charge on any atom is 0.226 e. The molecule has 0 bridgehead atoms. The van der Waals surface area contributed by atoms with Crippen LogP contribution in [0.3, 0.4) is 0 Å². The topological polar surface area (TPSA) is 112 Å². The first-order valence-corrected chi connectivity index (χ1v) is 11.8. The molecule has 6 aromatic rings. The van der Waals surface area contributed by atoms with Crippen LogP contribution >= 0.6 is 0 Å². The lowest BCUT2D eigenvalue weighted by molar-refractivity contribution is -0.118.